The summed E-state index contributed by atoms with van der Waals surface area (Å²) in [5.74, 6) is 0.0217. The number of carbonyl (C=O) groups excluding carboxylic acids is 2. The van der Waals surface area contributed by atoms with Gasteiger partial charge in [-0.1, -0.05) is 6.07 Å². The first-order valence-electron chi connectivity index (χ1n) is 9.35. The molecule has 3 N–H and O–H groups in total. The minimum Gasteiger partial charge on any atom is -0.322 e. The first kappa shape index (κ1) is 20.6. The molecule has 2 unspecified atom stereocenters. The lowest BCUT2D eigenvalue weighted by Crippen LogP contribution is -2.52. The molecule has 2 aromatic heterocycles. The molecule has 1 aliphatic heterocycles. The summed E-state index contributed by atoms with van der Waals surface area (Å²) in [5.41, 5.74) is 0.709. The molecule has 0 bridgehead atoms. The molecule has 1 aromatic carbocycles. The molecule has 4 rings (SSSR count). The fraction of sp³-hybridized carbons (Fsp3) is 0.250. The molecule has 10 heteroatoms. The van der Waals surface area contributed by atoms with E-state index in [4.69, 9.17) is 0 Å². The predicted octanol–water partition coefficient (Wildman–Crippen LogP) is 3.44. The van der Waals surface area contributed by atoms with Crippen molar-refractivity contribution < 1.29 is 14.0 Å². The highest BCUT2D eigenvalue weighted by Gasteiger charge is 2.27. The Hall–Kier alpha value is -2.69. The Labute approximate surface area is 181 Å². The Kier molecular flexibility index (Phi) is 6.16. The summed E-state index contributed by atoms with van der Waals surface area (Å²) in [6, 6.07) is 11.6. The smallest absolute Gasteiger partial charge is 0.235 e. The number of carbonyl (C=O) groups is 2. The Balaban J connectivity index is 1.52. The van der Waals surface area contributed by atoms with Gasteiger partial charge in [0.15, 0.2) is 6.29 Å². The van der Waals surface area contributed by atoms with Crippen LogP contribution in [0.25, 0.3) is 10.6 Å². The number of amides is 2. The van der Waals surface area contributed by atoms with E-state index in [0.29, 0.717) is 17.9 Å². The molecular weight excluding hydrogens is 425 g/mol. The molecule has 1 aliphatic rings. The van der Waals surface area contributed by atoms with E-state index in [1.807, 2.05) is 24.4 Å². The lowest BCUT2D eigenvalue weighted by molar-refractivity contribution is -0.125. The van der Waals surface area contributed by atoms with E-state index < -0.39 is 6.29 Å². The third-order valence-electron chi connectivity index (χ3n) is 4.44. The van der Waals surface area contributed by atoms with E-state index >= 15 is 0 Å². The second kappa shape index (κ2) is 8.99. The number of hydrogen-bond acceptors (Lipinski definition) is 6. The number of anilines is 1. The van der Waals surface area contributed by atoms with Gasteiger partial charge in [-0.2, -0.15) is 5.10 Å². The van der Waals surface area contributed by atoms with Crippen LogP contribution in [0, 0.1) is 5.82 Å². The van der Waals surface area contributed by atoms with Crippen LogP contribution in [0.3, 0.4) is 0 Å². The standard InChI is InChI=1S/C20H20FN5O2S2/c1-12-9-18(27)24-20(22-12)26-17(10-15(25-26)16-3-2-8-29-16)23-19(28)11-30-14-6-4-13(21)5-7-14/h2-8,10,12,20,22H,9,11H2,1H3,(H,23,28)(H,24,27). The van der Waals surface area contributed by atoms with Gasteiger partial charge in [0.25, 0.3) is 0 Å². The maximum absolute atomic E-state index is 13.0. The van der Waals surface area contributed by atoms with Crippen LogP contribution in [0.2, 0.25) is 0 Å². The zero-order chi connectivity index (χ0) is 21.1. The summed E-state index contributed by atoms with van der Waals surface area (Å²) in [4.78, 5) is 26.3. The van der Waals surface area contributed by atoms with Crippen LogP contribution in [0.1, 0.15) is 19.6 Å². The maximum Gasteiger partial charge on any atom is 0.235 e. The normalized spacial score (nSPS) is 18.8. The fourth-order valence-corrected chi connectivity index (χ4v) is 4.46. The number of thiophene rings is 1. The largest absolute Gasteiger partial charge is 0.322 e. The van der Waals surface area contributed by atoms with Gasteiger partial charge in [-0.05, 0) is 42.6 Å². The quantitative estimate of drug-likeness (QED) is 0.506. The number of hydrogen-bond donors (Lipinski definition) is 3. The monoisotopic (exact) mass is 445 g/mol. The molecule has 0 aliphatic carbocycles. The molecule has 0 radical (unpaired) electrons. The summed E-state index contributed by atoms with van der Waals surface area (Å²) in [5, 5.41) is 15.6. The minimum atomic E-state index is -0.560. The Morgan fingerprint density at radius 2 is 2.17 bits per heavy atom. The van der Waals surface area contributed by atoms with Crippen LogP contribution in [0.5, 0.6) is 0 Å². The van der Waals surface area contributed by atoms with E-state index in [2.05, 4.69) is 21.0 Å². The molecule has 0 spiro atoms. The number of thioether (sulfide) groups is 1. The summed E-state index contributed by atoms with van der Waals surface area (Å²) in [6.45, 7) is 1.92. The van der Waals surface area contributed by atoms with Crippen LogP contribution in [-0.2, 0) is 9.59 Å². The summed E-state index contributed by atoms with van der Waals surface area (Å²) >= 11 is 2.85. The van der Waals surface area contributed by atoms with Gasteiger partial charge in [0, 0.05) is 23.4 Å². The predicted molar refractivity (Wildman–Crippen MR) is 116 cm³/mol. The number of rotatable bonds is 6. The van der Waals surface area contributed by atoms with Gasteiger partial charge in [0.2, 0.25) is 11.8 Å². The molecule has 1 saturated heterocycles. The van der Waals surface area contributed by atoms with Gasteiger partial charge < -0.3 is 10.6 Å². The number of benzene rings is 1. The van der Waals surface area contributed by atoms with Crippen molar-refractivity contribution >= 4 is 40.7 Å². The van der Waals surface area contributed by atoms with Crippen molar-refractivity contribution in [3.05, 3.63) is 53.7 Å². The van der Waals surface area contributed by atoms with Crippen molar-refractivity contribution in [3.8, 4) is 10.6 Å². The third-order valence-corrected chi connectivity index (χ3v) is 6.34. The number of halogens is 1. The van der Waals surface area contributed by atoms with Gasteiger partial charge >= 0.3 is 0 Å². The Morgan fingerprint density at radius 1 is 1.37 bits per heavy atom. The molecule has 7 nitrogen and oxygen atoms in total. The molecule has 30 heavy (non-hydrogen) atoms. The van der Waals surface area contributed by atoms with Crippen LogP contribution in [-0.4, -0.2) is 33.4 Å². The van der Waals surface area contributed by atoms with E-state index in [1.165, 1.54) is 23.9 Å². The molecule has 2 atom stereocenters. The van der Waals surface area contributed by atoms with Crippen molar-refractivity contribution in [3.63, 3.8) is 0 Å². The zero-order valence-corrected chi connectivity index (χ0v) is 17.7. The summed E-state index contributed by atoms with van der Waals surface area (Å²) in [6.07, 6.45) is -0.180. The van der Waals surface area contributed by atoms with Gasteiger partial charge in [-0.3, -0.25) is 14.9 Å². The van der Waals surface area contributed by atoms with Crippen molar-refractivity contribution in [2.45, 2.75) is 30.6 Å². The van der Waals surface area contributed by atoms with Crippen molar-refractivity contribution in [1.82, 2.24) is 20.4 Å². The van der Waals surface area contributed by atoms with Crippen molar-refractivity contribution in [2.75, 3.05) is 11.1 Å². The third kappa shape index (κ3) is 4.89. The lowest BCUT2D eigenvalue weighted by atomic mass is 10.2. The van der Waals surface area contributed by atoms with Crippen LogP contribution < -0.4 is 16.0 Å². The van der Waals surface area contributed by atoms with E-state index in [0.717, 1.165) is 9.77 Å². The fourth-order valence-electron chi connectivity index (χ4n) is 3.08. The average molecular weight is 446 g/mol. The van der Waals surface area contributed by atoms with E-state index in [-0.39, 0.29) is 29.4 Å². The van der Waals surface area contributed by atoms with Gasteiger partial charge in [-0.15, -0.1) is 23.1 Å². The lowest BCUT2D eigenvalue weighted by Gasteiger charge is -2.30. The first-order chi connectivity index (χ1) is 14.5. The van der Waals surface area contributed by atoms with E-state index in [1.54, 1.807) is 34.2 Å². The van der Waals surface area contributed by atoms with Crippen molar-refractivity contribution in [2.24, 2.45) is 0 Å². The highest BCUT2D eigenvalue weighted by molar-refractivity contribution is 8.00. The zero-order valence-electron chi connectivity index (χ0n) is 16.1. The molecule has 3 heterocycles. The van der Waals surface area contributed by atoms with Crippen LogP contribution in [0.4, 0.5) is 10.2 Å². The van der Waals surface area contributed by atoms with Crippen molar-refractivity contribution in [1.29, 1.82) is 0 Å². The van der Waals surface area contributed by atoms with E-state index in [9.17, 15) is 14.0 Å². The topological polar surface area (TPSA) is 88.1 Å². The average Bonchev–Trinajstić information content (AvgIpc) is 3.37. The van der Waals surface area contributed by atoms with Gasteiger partial charge in [0.05, 0.1) is 10.6 Å². The highest BCUT2D eigenvalue weighted by Crippen LogP contribution is 2.28. The van der Waals surface area contributed by atoms with Gasteiger partial charge in [0.1, 0.15) is 17.3 Å². The SMILES string of the molecule is CC1CC(=O)NC(n2nc(-c3cccs3)cc2NC(=O)CSc2ccc(F)cc2)N1. The molecule has 1 fully saturated rings. The maximum atomic E-state index is 13.0. The number of nitrogens with zero attached hydrogens (tertiary/aromatic N) is 2. The molecule has 0 saturated carbocycles. The second-order valence-electron chi connectivity index (χ2n) is 6.87. The minimum absolute atomic E-state index is 0.0179. The highest BCUT2D eigenvalue weighted by atomic mass is 32.2. The van der Waals surface area contributed by atoms with Crippen LogP contribution >= 0.6 is 23.1 Å². The summed E-state index contributed by atoms with van der Waals surface area (Å²) in [7, 11) is 0. The number of nitrogens with one attached hydrogen (secondary N) is 3. The second-order valence-corrected chi connectivity index (χ2v) is 8.87. The van der Waals surface area contributed by atoms with Crippen LogP contribution in [0.15, 0.2) is 52.7 Å². The molecule has 156 valence electrons. The molecule has 3 aromatic rings. The molecule has 2 amide bonds. The van der Waals surface area contributed by atoms with Gasteiger partial charge in [-0.25, -0.2) is 9.07 Å². The molecular formula is C20H20FN5O2S2. The first-order valence-corrected chi connectivity index (χ1v) is 11.2. The summed E-state index contributed by atoms with van der Waals surface area (Å²) < 4.78 is 14.6. The Morgan fingerprint density at radius 3 is 2.87 bits per heavy atom. The Bertz CT molecular complexity index is 1040. The number of aromatic nitrogens is 2.